The van der Waals surface area contributed by atoms with Crippen molar-refractivity contribution < 1.29 is 18.7 Å². The summed E-state index contributed by atoms with van der Waals surface area (Å²) in [7, 11) is 0. The third-order valence-electron chi connectivity index (χ3n) is 5.49. The Kier molecular flexibility index (Phi) is 5.48. The van der Waals surface area contributed by atoms with Crippen LogP contribution >= 0.6 is 11.8 Å². The first-order chi connectivity index (χ1) is 16.0. The summed E-state index contributed by atoms with van der Waals surface area (Å²) < 4.78 is 21.2. The van der Waals surface area contributed by atoms with Gasteiger partial charge in [0, 0.05) is 28.7 Å². The summed E-state index contributed by atoms with van der Waals surface area (Å²) in [5.74, 6) is -1.34. The number of carboxylic acids is 1. The first kappa shape index (κ1) is 21.0. The van der Waals surface area contributed by atoms with Gasteiger partial charge in [-0.2, -0.15) is 0 Å². The second-order valence-corrected chi connectivity index (χ2v) is 8.59. The van der Waals surface area contributed by atoms with Crippen LogP contribution in [0, 0.1) is 12.7 Å². The number of hydrogen-bond donors (Lipinski definition) is 1. The van der Waals surface area contributed by atoms with Gasteiger partial charge in [-0.1, -0.05) is 42.5 Å². The predicted molar refractivity (Wildman–Crippen MR) is 128 cm³/mol. The lowest BCUT2D eigenvalue weighted by molar-refractivity contribution is -0.131. The van der Waals surface area contributed by atoms with E-state index in [0.717, 1.165) is 39.5 Å². The Hall–Kier alpha value is -3.84. The van der Waals surface area contributed by atoms with Gasteiger partial charge in [0.05, 0.1) is 0 Å². The van der Waals surface area contributed by atoms with Gasteiger partial charge in [0.15, 0.2) is 5.58 Å². The van der Waals surface area contributed by atoms with Crippen LogP contribution in [0.5, 0.6) is 0 Å². The standard InChI is InChI=1S/C26H19FN2O3S/c1-16-20(14-24(25(30)31)33-26-28-21-7-3-5-9-23(21)32-26)19-6-2-4-8-22(19)29(16)15-17-10-12-18(27)13-11-17/h2-14H,15H2,1H3,(H,30,31)/b24-14-. The molecule has 0 unspecified atom stereocenters. The molecule has 7 heteroatoms. The number of carbonyl (C=O) groups is 1. The highest BCUT2D eigenvalue weighted by Gasteiger charge is 2.19. The minimum Gasteiger partial charge on any atom is -0.477 e. The zero-order valence-electron chi connectivity index (χ0n) is 17.7. The van der Waals surface area contributed by atoms with Crippen LogP contribution in [-0.4, -0.2) is 20.6 Å². The smallest absolute Gasteiger partial charge is 0.342 e. The number of carboxylic acid groups (broad SMARTS) is 1. The molecule has 0 bridgehead atoms. The molecule has 0 amide bonds. The first-order valence-corrected chi connectivity index (χ1v) is 11.1. The van der Waals surface area contributed by atoms with Crippen molar-refractivity contribution in [3.05, 3.63) is 100 Å². The first-order valence-electron chi connectivity index (χ1n) is 10.3. The van der Waals surface area contributed by atoms with Crippen molar-refractivity contribution >= 4 is 45.8 Å². The highest BCUT2D eigenvalue weighted by molar-refractivity contribution is 8.03. The van der Waals surface area contributed by atoms with Gasteiger partial charge in [0.25, 0.3) is 5.22 Å². The lowest BCUT2D eigenvalue weighted by Crippen LogP contribution is -2.02. The molecule has 0 saturated carbocycles. The predicted octanol–water partition coefficient (Wildman–Crippen LogP) is 6.50. The molecule has 0 saturated heterocycles. The Morgan fingerprint density at radius 2 is 1.82 bits per heavy atom. The summed E-state index contributed by atoms with van der Waals surface area (Å²) in [4.78, 5) is 16.6. The van der Waals surface area contributed by atoms with Crippen molar-refractivity contribution in [2.75, 3.05) is 0 Å². The number of oxazole rings is 1. The van der Waals surface area contributed by atoms with Gasteiger partial charge in [-0.05, 0) is 60.7 Å². The highest BCUT2D eigenvalue weighted by Crippen LogP contribution is 2.34. The molecule has 0 spiro atoms. The molecular formula is C26H19FN2O3S. The summed E-state index contributed by atoms with van der Waals surface area (Å²) in [6.45, 7) is 2.50. The Bertz CT molecular complexity index is 1480. The van der Waals surface area contributed by atoms with Crippen LogP contribution < -0.4 is 0 Å². The number of aliphatic carboxylic acids is 1. The number of nitrogens with zero attached hydrogens (tertiary/aromatic N) is 2. The number of benzene rings is 3. The van der Waals surface area contributed by atoms with Gasteiger partial charge < -0.3 is 14.1 Å². The SMILES string of the molecule is Cc1c(/C=C(\Sc2nc3ccccc3o2)C(=O)O)c2ccccc2n1Cc1ccc(F)cc1. The normalized spacial score (nSPS) is 12.0. The van der Waals surface area contributed by atoms with E-state index in [-0.39, 0.29) is 15.9 Å². The molecule has 0 aliphatic carbocycles. The number of halogens is 1. The third-order valence-corrected chi connectivity index (χ3v) is 6.35. The molecule has 5 aromatic rings. The maximum Gasteiger partial charge on any atom is 0.342 e. The van der Waals surface area contributed by atoms with E-state index in [2.05, 4.69) is 9.55 Å². The van der Waals surface area contributed by atoms with Crippen LogP contribution in [0.3, 0.4) is 0 Å². The molecule has 5 rings (SSSR count). The molecule has 0 radical (unpaired) electrons. The number of thioether (sulfide) groups is 1. The topological polar surface area (TPSA) is 68.3 Å². The summed E-state index contributed by atoms with van der Waals surface area (Å²) in [6.07, 6.45) is 1.67. The molecule has 0 aliphatic heterocycles. The van der Waals surface area contributed by atoms with E-state index >= 15 is 0 Å². The summed E-state index contributed by atoms with van der Waals surface area (Å²) in [6, 6.07) is 21.5. The second-order valence-electron chi connectivity index (χ2n) is 7.59. The lowest BCUT2D eigenvalue weighted by Gasteiger charge is -2.09. The van der Waals surface area contributed by atoms with Gasteiger partial charge in [0.1, 0.15) is 16.2 Å². The monoisotopic (exact) mass is 458 g/mol. The van der Waals surface area contributed by atoms with Crippen molar-refractivity contribution in [3.63, 3.8) is 0 Å². The molecule has 5 nitrogen and oxygen atoms in total. The molecule has 2 heterocycles. The Morgan fingerprint density at radius 3 is 2.58 bits per heavy atom. The van der Waals surface area contributed by atoms with Crippen molar-refractivity contribution in [3.8, 4) is 0 Å². The maximum atomic E-state index is 13.3. The van der Waals surface area contributed by atoms with Crippen LogP contribution in [0.4, 0.5) is 4.39 Å². The molecule has 1 N–H and O–H groups in total. The van der Waals surface area contributed by atoms with E-state index in [1.165, 1.54) is 12.1 Å². The summed E-state index contributed by atoms with van der Waals surface area (Å²) in [5, 5.41) is 11.1. The summed E-state index contributed by atoms with van der Waals surface area (Å²) in [5.41, 5.74) is 4.94. The van der Waals surface area contributed by atoms with Crippen molar-refractivity contribution in [1.82, 2.24) is 9.55 Å². The molecule has 164 valence electrons. The number of hydrogen-bond acceptors (Lipinski definition) is 4. The van der Waals surface area contributed by atoms with E-state index in [9.17, 15) is 14.3 Å². The highest BCUT2D eigenvalue weighted by atomic mass is 32.2. The van der Waals surface area contributed by atoms with Crippen LogP contribution in [0.1, 0.15) is 16.8 Å². The van der Waals surface area contributed by atoms with Crippen molar-refractivity contribution in [1.29, 1.82) is 0 Å². The minimum absolute atomic E-state index is 0.106. The van der Waals surface area contributed by atoms with E-state index in [1.54, 1.807) is 24.3 Å². The quantitative estimate of drug-likeness (QED) is 0.232. The van der Waals surface area contributed by atoms with Crippen molar-refractivity contribution in [2.24, 2.45) is 0 Å². The summed E-state index contributed by atoms with van der Waals surface area (Å²) >= 11 is 0.982. The largest absolute Gasteiger partial charge is 0.477 e. The fraction of sp³-hybridized carbons (Fsp3) is 0.0769. The second kappa shape index (κ2) is 8.60. The zero-order valence-corrected chi connectivity index (χ0v) is 18.5. The Morgan fingerprint density at radius 1 is 1.09 bits per heavy atom. The van der Waals surface area contributed by atoms with Crippen LogP contribution in [0.15, 0.2) is 87.3 Å². The Balaban J connectivity index is 1.57. The van der Waals surface area contributed by atoms with E-state index in [1.807, 2.05) is 49.4 Å². The van der Waals surface area contributed by atoms with Gasteiger partial charge in [-0.3, -0.25) is 0 Å². The van der Waals surface area contributed by atoms with E-state index in [4.69, 9.17) is 4.42 Å². The Labute approximate surface area is 193 Å². The average molecular weight is 459 g/mol. The fourth-order valence-corrected chi connectivity index (χ4v) is 4.60. The fourth-order valence-electron chi connectivity index (χ4n) is 3.87. The lowest BCUT2D eigenvalue weighted by atomic mass is 10.1. The van der Waals surface area contributed by atoms with Gasteiger partial charge in [0.2, 0.25) is 0 Å². The number of aromatic nitrogens is 2. The van der Waals surface area contributed by atoms with Crippen LogP contribution in [0.2, 0.25) is 0 Å². The molecule has 3 aromatic carbocycles. The molecule has 0 fully saturated rings. The molecule has 33 heavy (non-hydrogen) atoms. The number of fused-ring (bicyclic) bond motifs is 2. The molecule has 2 aromatic heterocycles. The molecular weight excluding hydrogens is 439 g/mol. The van der Waals surface area contributed by atoms with Crippen molar-refractivity contribution in [2.45, 2.75) is 18.7 Å². The van der Waals surface area contributed by atoms with E-state index in [0.29, 0.717) is 17.6 Å². The van der Waals surface area contributed by atoms with Crippen LogP contribution in [0.25, 0.3) is 28.1 Å². The zero-order chi connectivity index (χ0) is 22.9. The average Bonchev–Trinajstić information content (AvgIpc) is 3.34. The molecule has 0 atom stereocenters. The van der Waals surface area contributed by atoms with Gasteiger partial charge in [-0.15, -0.1) is 0 Å². The minimum atomic E-state index is -1.06. The number of para-hydroxylation sites is 3. The molecule has 0 aliphatic rings. The van der Waals surface area contributed by atoms with Gasteiger partial charge in [-0.25, -0.2) is 14.2 Å². The van der Waals surface area contributed by atoms with Gasteiger partial charge >= 0.3 is 5.97 Å². The number of rotatable bonds is 6. The van der Waals surface area contributed by atoms with Crippen LogP contribution in [-0.2, 0) is 11.3 Å². The van der Waals surface area contributed by atoms with E-state index < -0.39 is 5.97 Å². The third kappa shape index (κ3) is 4.15. The maximum absolute atomic E-state index is 13.3.